The highest BCUT2D eigenvalue weighted by atomic mass is 28.3. The van der Waals surface area contributed by atoms with E-state index in [-0.39, 0.29) is 25.0 Å². The van der Waals surface area contributed by atoms with Gasteiger partial charge < -0.3 is 9.64 Å². The molecule has 0 bridgehead atoms. The van der Waals surface area contributed by atoms with Gasteiger partial charge in [-0.25, -0.2) is 14.6 Å². The van der Waals surface area contributed by atoms with E-state index in [4.69, 9.17) is 9.72 Å². The van der Waals surface area contributed by atoms with Gasteiger partial charge in [0.15, 0.2) is 17.4 Å². The van der Waals surface area contributed by atoms with Gasteiger partial charge >= 0.3 is 0 Å². The molecule has 0 radical (unpaired) electrons. The third-order valence-corrected chi connectivity index (χ3v) is 8.06. The summed E-state index contributed by atoms with van der Waals surface area (Å²) >= 11 is 0. The molecular formula is C24H32N10O2Si. The van der Waals surface area contributed by atoms with Crippen LogP contribution in [0.4, 0.5) is 11.5 Å². The van der Waals surface area contributed by atoms with Crippen molar-refractivity contribution in [2.45, 2.75) is 58.2 Å². The zero-order valence-electron chi connectivity index (χ0n) is 21.9. The number of hydrogen-bond donors (Lipinski definition) is 0. The minimum atomic E-state index is -1.19. The number of hydrogen-bond acceptors (Lipinski definition) is 9. The van der Waals surface area contributed by atoms with Crippen molar-refractivity contribution in [1.82, 2.24) is 44.3 Å². The van der Waals surface area contributed by atoms with Crippen molar-refractivity contribution in [2.24, 2.45) is 7.05 Å². The Labute approximate surface area is 216 Å². The highest BCUT2D eigenvalue weighted by molar-refractivity contribution is 6.76. The van der Waals surface area contributed by atoms with Crippen LogP contribution in [0.3, 0.4) is 0 Å². The summed E-state index contributed by atoms with van der Waals surface area (Å²) in [5, 5.41) is 17.1. The molecule has 1 aliphatic heterocycles. The van der Waals surface area contributed by atoms with Gasteiger partial charge in [0, 0.05) is 34.1 Å². The molecule has 0 spiro atoms. The lowest BCUT2D eigenvalue weighted by Crippen LogP contribution is -2.32. The van der Waals surface area contributed by atoms with Crippen LogP contribution in [0.1, 0.15) is 41.5 Å². The Morgan fingerprint density at radius 1 is 1.19 bits per heavy atom. The second-order valence-electron chi connectivity index (χ2n) is 10.4. The first-order valence-corrected chi connectivity index (χ1v) is 16.1. The second kappa shape index (κ2) is 9.98. The Kier molecular flexibility index (Phi) is 6.73. The average molecular weight is 521 g/mol. The molecule has 1 aliphatic rings. The van der Waals surface area contributed by atoms with Crippen molar-refractivity contribution >= 4 is 25.4 Å². The van der Waals surface area contributed by atoms with E-state index in [0.717, 1.165) is 29.7 Å². The molecular weight excluding hydrogens is 488 g/mol. The van der Waals surface area contributed by atoms with E-state index in [1.54, 1.807) is 40.3 Å². The summed E-state index contributed by atoms with van der Waals surface area (Å²) in [6.07, 6.45) is 9.57. The number of ketones is 1. The zero-order chi connectivity index (χ0) is 26.2. The number of nitrogens with zero attached hydrogens (tertiary/aromatic N) is 10. The van der Waals surface area contributed by atoms with E-state index in [0.29, 0.717) is 23.9 Å². The summed E-state index contributed by atoms with van der Waals surface area (Å²) in [6, 6.07) is 2.68. The number of Topliss-reactive ketones (excluding diaryl/α,β-unsaturated/α-hetero) is 1. The number of rotatable bonds is 10. The lowest BCUT2D eigenvalue weighted by molar-refractivity contribution is 0.0730. The molecule has 5 rings (SSSR count). The van der Waals surface area contributed by atoms with Crippen molar-refractivity contribution in [3.05, 3.63) is 54.5 Å². The predicted octanol–water partition coefficient (Wildman–Crippen LogP) is 3.33. The Bertz CT molecular complexity index is 1400. The molecule has 0 saturated heterocycles. The van der Waals surface area contributed by atoms with E-state index >= 15 is 0 Å². The SMILES string of the molecule is CCC1c2nncn2-c2cnc(CC(=O)c3ccnn3COCC[Si](C)(C)C)nc2N1c1cnn(C)c1. The highest BCUT2D eigenvalue weighted by Crippen LogP contribution is 2.42. The van der Waals surface area contributed by atoms with Gasteiger partial charge in [0.2, 0.25) is 0 Å². The number of aromatic nitrogens is 9. The van der Waals surface area contributed by atoms with Gasteiger partial charge in [-0.05, 0) is 18.5 Å². The first kappa shape index (κ1) is 25.0. The van der Waals surface area contributed by atoms with Crippen LogP contribution >= 0.6 is 0 Å². The summed E-state index contributed by atoms with van der Waals surface area (Å²) in [5.41, 5.74) is 2.12. The number of ether oxygens (including phenoxy) is 1. The van der Waals surface area contributed by atoms with Gasteiger partial charge in [-0.3, -0.25) is 14.0 Å². The number of aryl methyl sites for hydroxylation is 1. The summed E-state index contributed by atoms with van der Waals surface area (Å²) in [5.74, 6) is 1.81. The monoisotopic (exact) mass is 520 g/mol. The van der Waals surface area contributed by atoms with Crippen LogP contribution in [0.5, 0.6) is 0 Å². The lowest BCUT2D eigenvalue weighted by atomic mass is 10.1. The summed E-state index contributed by atoms with van der Waals surface area (Å²) in [4.78, 5) is 24.7. The van der Waals surface area contributed by atoms with E-state index in [2.05, 4.69) is 56.8 Å². The third kappa shape index (κ3) is 5.09. The van der Waals surface area contributed by atoms with Crippen LogP contribution in [0.2, 0.25) is 25.7 Å². The molecule has 0 saturated carbocycles. The van der Waals surface area contributed by atoms with E-state index in [9.17, 15) is 4.79 Å². The summed E-state index contributed by atoms with van der Waals surface area (Å²) < 4.78 is 11.1. The highest BCUT2D eigenvalue weighted by Gasteiger charge is 2.35. The lowest BCUT2D eigenvalue weighted by Gasteiger charge is -2.35. The number of carbonyl (C=O) groups is 1. The van der Waals surface area contributed by atoms with E-state index in [1.807, 2.05) is 17.8 Å². The minimum Gasteiger partial charge on any atom is -0.360 e. The molecule has 1 unspecified atom stereocenters. The van der Waals surface area contributed by atoms with Crippen LogP contribution < -0.4 is 4.90 Å². The standard InChI is InChI=1S/C24H32N10O2Si/c1-6-18-24-30-26-15-32(24)20-13-25-22(29-23(20)34(18)17-12-28-31(2)14-17)11-21(35)19-7-8-27-33(19)16-36-9-10-37(3,4)5/h7-8,12-15,18H,6,9-11,16H2,1-5H3. The summed E-state index contributed by atoms with van der Waals surface area (Å²) in [7, 11) is 0.686. The van der Waals surface area contributed by atoms with Crippen LogP contribution in [0.25, 0.3) is 5.69 Å². The Morgan fingerprint density at radius 2 is 2.03 bits per heavy atom. The molecule has 13 heteroatoms. The number of anilines is 2. The first-order chi connectivity index (χ1) is 17.7. The van der Waals surface area contributed by atoms with Crippen LogP contribution in [0.15, 0.2) is 37.2 Å². The van der Waals surface area contributed by atoms with Gasteiger partial charge in [-0.2, -0.15) is 10.2 Å². The minimum absolute atomic E-state index is 0.0422. The van der Waals surface area contributed by atoms with Gasteiger partial charge in [0.1, 0.15) is 30.3 Å². The fourth-order valence-corrected chi connectivity index (χ4v) is 5.15. The molecule has 1 atom stereocenters. The first-order valence-electron chi connectivity index (χ1n) is 12.4. The molecule has 0 amide bonds. The Hall–Kier alpha value is -3.71. The quantitative estimate of drug-likeness (QED) is 0.176. The average Bonchev–Trinajstić information content (AvgIpc) is 3.61. The predicted molar refractivity (Wildman–Crippen MR) is 140 cm³/mol. The van der Waals surface area contributed by atoms with Crippen LogP contribution in [-0.4, -0.2) is 64.8 Å². The maximum atomic E-state index is 13.2. The molecule has 4 aromatic heterocycles. The van der Waals surface area contributed by atoms with Crippen molar-refractivity contribution < 1.29 is 9.53 Å². The molecule has 12 nitrogen and oxygen atoms in total. The van der Waals surface area contributed by atoms with Gasteiger partial charge in [-0.15, -0.1) is 10.2 Å². The molecule has 194 valence electrons. The fourth-order valence-electron chi connectivity index (χ4n) is 4.39. The van der Waals surface area contributed by atoms with Gasteiger partial charge in [0.25, 0.3) is 0 Å². The Balaban J connectivity index is 1.40. The normalized spacial score (nSPS) is 15.1. The van der Waals surface area contributed by atoms with Crippen molar-refractivity contribution in [3.63, 3.8) is 0 Å². The van der Waals surface area contributed by atoms with Crippen LogP contribution in [-0.2, 0) is 24.9 Å². The second-order valence-corrected chi connectivity index (χ2v) is 16.0. The summed E-state index contributed by atoms with van der Waals surface area (Å²) in [6.45, 7) is 9.91. The van der Waals surface area contributed by atoms with E-state index < -0.39 is 8.07 Å². The molecule has 0 N–H and O–H groups in total. The van der Waals surface area contributed by atoms with Crippen LogP contribution in [0, 0.1) is 0 Å². The third-order valence-electron chi connectivity index (χ3n) is 6.36. The number of carbonyl (C=O) groups excluding carboxylic acids is 1. The molecule has 4 aromatic rings. The van der Waals surface area contributed by atoms with E-state index in [1.165, 1.54) is 0 Å². The van der Waals surface area contributed by atoms with Gasteiger partial charge in [-0.1, -0.05) is 26.6 Å². The van der Waals surface area contributed by atoms with Gasteiger partial charge in [0.05, 0.1) is 30.5 Å². The Morgan fingerprint density at radius 3 is 2.76 bits per heavy atom. The molecule has 0 aromatic carbocycles. The topological polar surface area (TPSA) is 122 Å². The zero-order valence-corrected chi connectivity index (χ0v) is 22.9. The molecule has 0 aliphatic carbocycles. The number of fused-ring (bicyclic) bond motifs is 3. The molecule has 5 heterocycles. The smallest absolute Gasteiger partial charge is 0.188 e. The maximum absolute atomic E-state index is 13.2. The maximum Gasteiger partial charge on any atom is 0.188 e. The molecule has 0 fully saturated rings. The largest absolute Gasteiger partial charge is 0.360 e. The van der Waals surface area contributed by atoms with Crippen molar-refractivity contribution in [1.29, 1.82) is 0 Å². The fraction of sp³-hybridized carbons (Fsp3) is 0.458. The van der Waals surface area contributed by atoms with Crippen molar-refractivity contribution in [2.75, 3.05) is 11.5 Å². The molecule has 37 heavy (non-hydrogen) atoms. The van der Waals surface area contributed by atoms with Crippen molar-refractivity contribution in [3.8, 4) is 5.69 Å².